The fourth-order valence-corrected chi connectivity index (χ4v) is 6.19. The maximum absolute atomic E-state index is 13.5. The number of nitrogens with zero attached hydrogens (tertiary/aromatic N) is 2. The van der Waals surface area contributed by atoms with Crippen molar-refractivity contribution in [2.24, 2.45) is 22.8 Å². The second-order valence-electron chi connectivity index (χ2n) is 9.54. The molecule has 8 N–H and O–H groups in total. The number of nitrogens with two attached hydrogens (primary N) is 1. The van der Waals surface area contributed by atoms with Gasteiger partial charge in [-0.1, -0.05) is 26.0 Å². The third-order valence-corrected chi connectivity index (χ3v) is 8.12. The van der Waals surface area contributed by atoms with Gasteiger partial charge in [0.1, 0.15) is 23.3 Å². The van der Waals surface area contributed by atoms with Crippen molar-refractivity contribution in [1.82, 2.24) is 14.9 Å². The summed E-state index contributed by atoms with van der Waals surface area (Å²) in [5, 5.41) is 19.1. The van der Waals surface area contributed by atoms with Crippen molar-refractivity contribution in [3.8, 4) is 0 Å². The summed E-state index contributed by atoms with van der Waals surface area (Å²) < 4.78 is 29.6. The van der Waals surface area contributed by atoms with Gasteiger partial charge in [-0.25, -0.2) is 13.2 Å². The van der Waals surface area contributed by atoms with E-state index in [0.717, 1.165) is 12.0 Å². The van der Waals surface area contributed by atoms with Crippen LogP contribution in [0.25, 0.3) is 0 Å². The van der Waals surface area contributed by atoms with Crippen LogP contribution in [0.2, 0.25) is 0 Å². The van der Waals surface area contributed by atoms with Crippen molar-refractivity contribution in [2.75, 3.05) is 25.0 Å². The van der Waals surface area contributed by atoms with E-state index >= 15 is 0 Å². The summed E-state index contributed by atoms with van der Waals surface area (Å²) >= 11 is 0. The highest BCUT2D eigenvalue weighted by Gasteiger charge is 2.39. The molecule has 13 heteroatoms. The number of nitrogens with one attached hydrogen (secondary N) is 3. The van der Waals surface area contributed by atoms with Crippen molar-refractivity contribution in [1.29, 1.82) is 0 Å². The van der Waals surface area contributed by atoms with Crippen LogP contribution in [-0.4, -0.2) is 73.8 Å². The molecule has 0 bridgehead atoms. The summed E-state index contributed by atoms with van der Waals surface area (Å²) in [5.74, 6) is 4.02. The van der Waals surface area contributed by atoms with Crippen molar-refractivity contribution in [3.63, 3.8) is 0 Å². The van der Waals surface area contributed by atoms with E-state index in [2.05, 4.69) is 27.4 Å². The fourth-order valence-electron chi connectivity index (χ4n) is 4.74. The largest absolute Gasteiger partial charge is 0.480 e. The van der Waals surface area contributed by atoms with Crippen LogP contribution in [0, 0.1) is 11.8 Å². The fraction of sp³-hybridized carbons (Fsp3) is 0.609. The second kappa shape index (κ2) is 12.9. The van der Waals surface area contributed by atoms with Gasteiger partial charge in [-0.3, -0.25) is 4.79 Å². The molecule has 2 aliphatic rings. The molecule has 1 unspecified atom stereocenters. The molecule has 12 nitrogen and oxygen atoms in total. The first-order chi connectivity index (χ1) is 16.6. The third-order valence-electron chi connectivity index (χ3n) is 6.61. The van der Waals surface area contributed by atoms with Gasteiger partial charge >= 0.3 is 5.97 Å². The molecule has 0 aliphatic carbocycles. The summed E-state index contributed by atoms with van der Waals surface area (Å²) in [7, 11) is -4.07. The molecule has 4 atom stereocenters. The Kier molecular flexibility index (Phi) is 10.5. The number of benzene rings is 1. The predicted molar refractivity (Wildman–Crippen MR) is 137 cm³/mol. The van der Waals surface area contributed by atoms with Gasteiger partial charge in [-0.05, 0) is 55.6 Å². The molecular weight excluding hydrogens is 488 g/mol. The number of hydrogen-bond acceptors (Lipinski definition) is 7. The van der Waals surface area contributed by atoms with Crippen molar-refractivity contribution < 1.29 is 28.6 Å². The van der Waals surface area contributed by atoms with Gasteiger partial charge in [-0.15, -0.1) is 0 Å². The van der Waals surface area contributed by atoms with Crippen LogP contribution in [0.15, 0.2) is 28.2 Å². The molecule has 0 radical (unpaired) electrons. The molecule has 2 heterocycles. The number of para-hydroxylation sites is 1. The molecule has 202 valence electrons. The summed E-state index contributed by atoms with van der Waals surface area (Å²) in [6.45, 7) is 5.39. The highest BCUT2D eigenvalue weighted by molar-refractivity contribution is 7.89. The number of carbonyl (C=O) groups is 2. The zero-order chi connectivity index (χ0) is 25.6. The normalized spacial score (nSPS) is 22.7. The number of hydrazone groups is 1. The Morgan fingerprint density at radius 2 is 2.08 bits per heavy atom. The molecule has 0 spiro atoms. The number of rotatable bonds is 10. The Hall–Kier alpha value is -2.90. The van der Waals surface area contributed by atoms with E-state index in [4.69, 9.17) is 5.84 Å². The predicted octanol–water partition coefficient (Wildman–Crippen LogP) is 0.0964. The molecule has 3 rings (SSSR count). The smallest absolute Gasteiger partial charge is 0.326 e. The zero-order valence-corrected chi connectivity index (χ0v) is 21.6. The number of carboxylic acids is 1. The number of piperidine rings is 1. The Labute approximate surface area is 212 Å². The average molecular weight is 527 g/mol. The lowest BCUT2D eigenvalue weighted by atomic mass is 9.91. The van der Waals surface area contributed by atoms with E-state index in [9.17, 15) is 23.1 Å². The van der Waals surface area contributed by atoms with E-state index in [0.29, 0.717) is 44.0 Å². The second-order valence-corrected chi connectivity index (χ2v) is 11.2. The highest BCUT2D eigenvalue weighted by Crippen LogP contribution is 2.31. The van der Waals surface area contributed by atoms with E-state index < -0.39 is 34.0 Å². The van der Waals surface area contributed by atoms with Gasteiger partial charge < -0.3 is 32.0 Å². The number of anilines is 1. The number of carboxylic acid groups (broad SMARTS) is 1. The quantitative estimate of drug-likeness (QED) is 0.0929. The van der Waals surface area contributed by atoms with Crippen molar-refractivity contribution >= 4 is 33.9 Å². The third kappa shape index (κ3) is 7.08. The molecule has 2 aliphatic heterocycles. The Bertz CT molecular complexity index is 1050. The van der Waals surface area contributed by atoms with Crippen LogP contribution in [0.1, 0.15) is 45.1 Å². The van der Waals surface area contributed by atoms with Crippen LogP contribution in [0.3, 0.4) is 0 Å². The van der Waals surface area contributed by atoms with Gasteiger partial charge in [0.2, 0.25) is 15.9 Å². The lowest BCUT2D eigenvalue weighted by Gasteiger charge is -2.38. The molecule has 36 heavy (non-hydrogen) atoms. The molecule has 1 fully saturated rings. The van der Waals surface area contributed by atoms with Crippen LogP contribution in [0.5, 0.6) is 0 Å². The number of sulfonamides is 1. The first-order valence-electron chi connectivity index (χ1n) is 12.0. The Morgan fingerprint density at radius 3 is 2.78 bits per heavy atom. The monoisotopic (exact) mass is 526 g/mol. The molecule has 0 saturated carbocycles. The average Bonchev–Trinajstić information content (AvgIpc) is 2.82. The van der Waals surface area contributed by atoms with Gasteiger partial charge in [0.25, 0.3) is 0 Å². The summed E-state index contributed by atoms with van der Waals surface area (Å²) in [6.07, 6.45) is 3.70. The minimum atomic E-state index is -4.07. The molecule has 1 saturated heterocycles. The molecule has 1 aromatic rings. The maximum atomic E-state index is 13.5. The van der Waals surface area contributed by atoms with Crippen LogP contribution in [-0.2, 0) is 26.0 Å². The molecule has 1 aromatic carbocycles. The number of fused-ring (bicyclic) bond motifs is 1. The minimum Gasteiger partial charge on any atom is -0.480 e. The van der Waals surface area contributed by atoms with Gasteiger partial charge in [0.15, 0.2) is 0 Å². The molecule has 1 amide bonds. The standard InChI is InChI=1S/C23H36N6O5S.H2O/c1-15-8-10-29(19(12-15)23(31)32)22(30)18(6-4-9-25-14-27-24)28-35(33,34)20-7-3-5-17-11-16(2)13-26-21(17)20;/h3,5,7,14-16,18-19,26,28H,4,6,8-13,24H2,1-2H3,(H,25,27)(H,31,32);1H2/t15-,16?,18+,19-;/m1./s1. The summed E-state index contributed by atoms with van der Waals surface area (Å²) in [6, 6.07) is 3.04. The zero-order valence-electron chi connectivity index (χ0n) is 20.7. The summed E-state index contributed by atoms with van der Waals surface area (Å²) in [5.41, 5.74) is 1.47. The molecular formula is C23H38N6O6S. The van der Waals surface area contributed by atoms with Gasteiger partial charge in [0.05, 0.1) is 5.69 Å². The van der Waals surface area contributed by atoms with E-state index in [1.54, 1.807) is 6.07 Å². The van der Waals surface area contributed by atoms with Crippen LogP contribution < -0.4 is 21.2 Å². The lowest BCUT2D eigenvalue weighted by molar-refractivity contribution is -0.153. The first-order valence-corrected chi connectivity index (χ1v) is 13.5. The summed E-state index contributed by atoms with van der Waals surface area (Å²) in [4.78, 5) is 26.8. The molecule has 0 aromatic heterocycles. The van der Waals surface area contributed by atoms with E-state index in [-0.39, 0.29) is 29.3 Å². The number of hydrogen-bond donors (Lipinski definition) is 5. The topological polar surface area (TPSA) is 198 Å². The number of aliphatic carboxylic acids is 1. The van der Waals surface area contributed by atoms with Gasteiger partial charge in [0, 0.05) is 19.6 Å². The van der Waals surface area contributed by atoms with E-state index in [1.807, 2.05) is 13.0 Å². The van der Waals surface area contributed by atoms with E-state index in [1.165, 1.54) is 17.3 Å². The lowest BCUT2D eigenvalue weighted by Crippen LogP contribution is -2.56. The SMILES string of the molecule is CC1CNc2c(cccc2S(=O)(=O)N[C@@H](CCCNC=NN)C(=O)N2CC[C@@H](C)C[C@@H]2C(=O)O)C1.O. The van der Waals surface area contributed by atoms with Gasteiger partial charge in [-0.2, -0.15) is 9.82 Å². The van der Waals surface area contributed by atoms with Crippen LogP contribution >= 0.6 is 0 Å². The first kappa shape index (κ1) is 29.3. The minimum absolute atomic E-state index is 0. The Morgan fingerprint density at radius 1 is 1.33 bits per heavy atom. The number of amides is 1. The van der Waals surface area contributed by atoms with Crippen molar-refractivity contribution in [2.45, 2.75) is 62.9 Å². The number of likely N-dealkylation sites (tertiary alicyclic amines) is 1. The van der Waals surface area contributed by atoms with Crippen molar-refractivity contribution in [3.05, 3.63) is 23.8 Å². The van der Waals surface area contributed by atoms with Crippen LogP contribution in [0.4, 0.5) is 5.69 Å². The maximum Gasteiger partial charge on any atom is 0.326 e. The number of carbonyl (C=O) groups excluding carboxylic acids is 1. The Balaban J connectivity index is 0.00000456. The highest BCUT2D eigenvalue weighted by atomic mass is 32.2.